The van der Waals surface area contributed by atoms with Gasteiger partial charge < -0.3 is 5.32 Å². The summed E-state index contributed by atoms with van der Waals surface area (Å²) in [6, 6.07) is 17.2. The summed E-state index contributed by atoms with van der Waals surface area (Å²) < 4.78 is 1.14. The Balaban J connectivity index is 2.04. The van der Waals surface area contributed by atoms with Crippen LogP contribution in [0.2, 0.25) is 5.02 Å². The fourth-order valence-electron chi connectivity index (χ4n) is 2.42. The van der Waals surface area contributed by atoms with E-state index in [0.29, 0.717) is 6.04 Å². The maximum atomic E-state index is 5.96. The quantitative estimate of drug-likeness (QED) is 0.705. The fraction of sp³-hybridized carbons (Fsp3) is 0.333. The molecule has 0 saturated carbocycles. The Morgan fingerprint density at radius 3 is 2.43 bits per heavy atom. The molecule has 1 atom stereocenters. The fourth-order valence-corrected chi connectivity index (χ4v) is 2.99. The average molecular weight is 367 g/mol. The van der Waals surface area contributed by atoms with Gasteiger partial charge in [-0.2, -0.15) is 0 Å². The molecule has 0 radical (unpaired) electrons. The summed E-state index contributed by atoms with van der Waals surface area (Å²) in [7, 11) is 0. The molecule has 112 valence electrons. The van der Waals surface area contributed by atoms with E-state index < -0.39 is 0 Å². The van der Waals surface area contributed by atoms with E-state index in [-0.39, 0.29) is 0 Å². The molecule has 2 aromatic carbocycles. The van der Waals surface area contributed by atoms with E-state index in [4.69, 9.17) is 11.6 Å². The van der Waals surface area contributed by atoms with E-state index in [9.17, 15) is 0 Å². The second-order valence-corrected chi connectivity index (χ2v) is 6.67. The molecular weight excluding hydrogens is 346 g/mol. The molecule has 2 rings (SSSR count). The highest BCUT2D eigenvalue weighted by Crippen LogP contribution is 2.16. The van der Waals surface area contributed by atoms with Gasteiger partial charge in [0.15, 0.2) is 0 Å². The third kappa shape index (κ3) is 5.82. The summed E-state index contributed by atoms with van der Waals surface area (Å²) in [6.07, 6.45) is 3.20. The minimum absolute atomic E-state index is 0.445. The second-order valence-electron chi connectivity index (χ2n) is 5.32. The highest BCUT2D eigenvalue weighted by molar-refractivity contribution is 9.10. The maximum absolute atomic E-state index is 5.96. The van der Waals surface area contributed by atoms with Crippen LogP contribution in [0.15, 0.2) is 53.0 Å². The highest BCUT2D eigenvalue weighted by Gasteiger charge is 2.10. The predicted octanol–water partition coefficient (Wildman–Crippen LogP) is 5.26. The molecule has 0 amide bonds. The third-order valence-electron chi connectivity index (χ3n) is 3.45. The molecule has 1 N–H and O–H groups in total. The SMILES string of the molecule is CCCNC(Cc1ccc(Cl)cc1)Cc1cccc(Br)c1. The van der Waals surface area contributed by atoms with Crippen molar-refractivity contribution in [2.24, 2.45) is 0 Å². The Morgan fingerprint density at radius 2 is 1.76 bits per heavy atom. The van der Waals surface area contributed by atoms with Gasteiger partial charge in [-0.3, -0.25) is 0 Å². The monoisotopic (exact) mass is 365 g/mol. The molecule has 2 aromatic rings. The molecule has 0 heterocycles. The van der Waals surface area contributed by atoms with Gasteiger partial charge in [0.1, 0.15) is 0 Å². The lowest BCUT2D eigenvalue weighted by molar-refractivity contribution is 0.504. The van der Waals surface area contributed by atoms with Gasteiger partial charge in [-0.15, -0.1) is 0 Å². The number of rotatable bonds is 7. The Labute approximate surface area is 140 Å². The lowest BCUT2D eigenvalue weighted by Gasteiger charge is -2.19. The van der Waals surface area contributed by atoms with Gasteiger partial charge >= 0.3 is 0 Å². The standard InChI is InChI=1S/C18H21BrClN/c1-2-10-21-18(12-14-6-8-17(20)9-7-14)13-15-4-3-5-16(19)11-15/h3-9,11,18,21H,2,10,12-13H2,1H3. The lowest BCUT2D eigenvalue weighted by Crippen LogP contribution is -2.33. The van der Waals surface area contributed by atoms with Crippen LogP contribution in [0.1, 0.15) is 24.5 Å². The van der Waals surface area contributed by atoms with Gasteiger partial charge in [-0.05, 0) is 61.2 Å². The van der Waals surface area contributed by atoms with Crippen LogP contribution in [0.4, 0.5) is 0 Å². The lowest BCUT2D eigenvalue weighted by atomic mass is 9.99. The Bertz CT molecular complexity index is 553. The molecular formula is C18H21BrClN. The smallest absolute Gasteiger partial charge is 0.0406 e. The van der Waals surface area contributed by atoms with Crippen molar-refractivity contribution in [1.82, 2.24) is 5.32 Å². The average Bonchev–Trinajstić information content (AvgIpc) is 2.47. The zero-order valence-corrected chi connectivity index (χ0v) is 14.6. The Kier molecular flexibility index (Phi) is 6.75. The van der Waals surface area contributed by atoms with Crippen molar-refractivity contribution in [1.29, 1.82) is 0 Å². The van der Waals surface area contributed by atoms with Crippen LogP contribution in [0, 0.1) is 0 Å². The van der Waals surface area contributed by atoms with Gasteiger partial charge in [0.25, 0.3) is 0 Å². The minimum atomic E-state index is 0.445. The normalized spacial score (nSPS) is 12.3. The van der Waals surface area contributed by atoms with Gasteiger partial charge in [0.2, 0.25) is 0 Å². The van der Waals surface area contributed by atoms with Crippen molar-refractivity contribution in [2.75, 3.05) is 6.54 Å². The summed E-state index contributed by atoms with van der Waals surface area (Å²) in [5.74, 6) is 0. The summed E-state index contributed by atoms with van der Waals surface area (Å²) >= 11 is 9.50. The molecule has 0 aliphatic heterocycles. The number of hydrogen-bond donors (Lipinski definition) is 1. The molecule has 0 aliphatic carbocycles. The first kappa shape index (κ1) is 16.5. The Morgan fingerprint density at radius 1 is 1.05 bits per heavy atom. The van der Waals surface area contributed by atoms with Gasteiger partial charge in [-0.25, -0.2) is 0 Å². The zero-order chi connectivity index (χ0) is 15.1. The van der Waals surface area contributed by atoms with E-state index in [0.717, 1.165) is 35.3 Å². The molecule has 21 heavy (non-hydrogen) atoms. The van der Waals surface area contributed by atoms with E-state index in [1.165, 1.54) is 11.1 Å². The van der Waals surface area contributed by atoms with Gasteiger partial charge in [-0.1, -0.05) is 58.7 Å². The molecule has 0 fully saturated rings. The van der Waals surface area contributed by atoms with Crippen LogP contribution in [0.25, 0.3) is 0 Å². The molecule has 0 saturated heterocycles. The van der Waals surface area contributed by atoms with Crippen molar-refractivity contribution >= 4 is 27.5 Å². The summed E-state index contributed by atoms with van der Waals surface area (Å²) in [4.78, 5) is 0. The van der Waals surface area contributed by atoms with Crippen LogP contribution in [-0.4, -0.2) is 12.6 Å². The zero-order valence-electron chi connectivity index (χ0n) is 12.3. The third-order valence-corrected chi connectivity index (χ3v) is 4.19. The highest BCUT2D eigenvalue weighted by atomic mass is 79.9. The number of hydrogen-bond acceptors (Lipinski definition) is 1. The van der Waals surface area contributed by atoms with E-state index in [2.05, 4.69) is 64.6 Å². The number of nitrogens with one attached hydrogen (secondary N) is 1. The van der Waals surface area contributed by atoms with E-state index >= 15 is 0 Å². The van der Waals surface area contributed by atoms with E-state index in [1.54, 1.807) is 0 Å². The topological polar surface area (TPSA) is 12.0 Å². The first-order valence-corrected chi connectivity index (χ1v) is 8.56. The van der Waals surface area contributed by atoms with Crippen molar-refractivity contribution in [3.63, 3.8) is 0 Å². The van der Waals surface area contributed by atoms with Crippen LogP contribution in [-0.2, 0) is 12.8 Å². The van der Waals surface area contributed by atoms with Crippen LogP contribution < -0.4 is 5.32 Å². The van der Waals surface area contributed by atoms with Crippen molar-refractivity contribution in [3.8, 4) is 0 Å². The number of benzene rings is 2. The van der Waals surface area contributed by atoms with E-state index in [1.807, 2.05) is 12.1 Å². The van der Waals surface area contributed by atoms with Crippen LogP contribution in [0.5, 0.6) is 0 Å². The minimum Gasteiger partial charge on any atom is -0.313 e. The number of halogens is 2. The largest absolute Gasteiger partial charge is 0.313 e. The van der Waals surface area contributed by atoms with Crippen molar-refractivity contribution in [3.05, 3.63) is 69.2 Å². The maximum Gasteiger partial charge on any atom is 0.0406 e. The van der Waals surface area contributed by atoms with Crippen LogP contribution in [0.3, 0.4) is 0 Å². The van der Waals surface area contributed by atoms with Gasteiger partial charge in [0.05, 0.1) is 0 Å². The molecule has 0 aliphatic rings. The molecule has 0 bridgehead atoms. The van der Waals surface area contributed by atoms with Crippen molar-refractivity contribution in [2.45, 2.75) is 32.2 Å². The predicted molar refractivity (Wildman–Crippen MR) is 95.1 cm³/mol. The molecule has 1 unspecified atom stereocenters. The summed E-state index contributed by atoms with van der Waals surface area (Å²) in [6.45, 7) is 3.25. The van der Waals surface area contributed by atoms with Crippen LogP contribution >= 0.6 is 27.5 Å². The molecule has 0 spiro atoms. The first-order chi connectivity index (χ1) is 10.2. The van der Waals surface area contributed by atoms with Gasteiger partial charge in [0, 0.05) is 15.5 Å². The summed E-state index contributed by atoms with van der Waals surface area (Å²) in [5.41, 5.74) is 2.68. The van der Waals surface area contributed by atoms with Crippen molar-refractivity contribution < 1.29 is 0 Å². The second kappa shape index (κ2) is 8.57. The molecule has 1 nitrogen and oxygen atoms in total. The summed E-state index contributed by atoms with van der Waals surface area (Å²) in [5, 5.41) is 4.45. The first-order valence-electron chi connectivity index (χ1n) is 7.39. The molecule has 3 heteroatoms. The Hall–Kier alpha value is -0.830. The molecule has 0 aromatic heterocycles.